The summed E-state index contributed by atoms with van der Waals surface area (Å²) in [5.74, 6) is 1.53. The van der Waals surface area contributed by atoms with Crippen molar-refractivity contribution in [2.45, 2.75) is 12.2 Å². The summed E-state index contributed by atoms with van der Waals surface area (Å²) in [6.45, 7) is 0.650. The molecule has 0 fully saturated rings. The monoisotopic (exact) mass is 303 g/mol. The first-order valence-electron chi connectivity index (χ1n) is 6.87. The summed E-state index contributed by atoms with van der Waals surface area (Å²) in [4.78, 5) is 11.7. The highest BCUT2D eigenvalue weighted by Gasteiger charge is 2.03. The molecule has 2 rings (SSSR count). The Bertz CT molecular complexity index is 557. The van der Waals surface area contributed by atoms with Crippen LogP contribution in [-0.2, 0) is 17.0 Å². The van der Waals surface area contributed by atoms with Crippen LogP contribution in [0.1, 0.15) is 11.1 Å². The van der Waals surface area contributed by atoms with Crippen molar-refractivity contribution < 1.29 is 9.18 Å². The second kappa shape index (κ2) is 8.47. The van der Waals surface area contributed by atoms with Crippen molar-refractivity contribution in [1.82, 2.24) is 5.32 Å². The number of benzene rings is 2. The summed E-state index contributed by atoms with van der Waals surface area (Å²) in [7, 11) is 0. The van der Waals surface area contributed by atoms with Crippen LogP contribution < -0.4 is 5.32 Å². The predicted octanol–water partition coefficient (Wildman–Crippen LogP) is 3.42. The Hall–Kier alpha value is -1.81. The number of hydrogen-bond donors (Lipinski definition) is 1. The van der Waals surface area contributed by atoms with Crippen LogP contribution in [0.4, 0.5) is 4.39 Å². The van der Waals surface area contributed by atoms with Gasteiger partial charge in [0.1, 0.15) is 5.82 Å². The largest absolute Gasteiger partial charge is 0.355 e. The zero-order chi connectivity index (χ0) is 14.9. The van der Waals surface area contributed by atoms with Gasteiger partial charge in [0.05, 0.1) is 6.42 Å². The predicted molar refractivity (Wildman–Crippen MR) is 85.7 cm³/mol. The molecule has 0 aliphatic rings. The van der Waals surface area contributed by atoms with Crippen molar-refractivity contribution in [2.24, 2.45) is 0 Å². The fourth-order valence-electron chi connectivity index (χ4n) is 1.88. The molecule has 0 aliphatic heterocycles. The van der Waals surface area contributed by atoms with Gasteiger partial charge in [-0.2, -0.15) is 11.8 Å². The van der Waals surface area contributed by atoms with E-state index in [1.165, 1.54) is 17.7 Å². The molecule has 1 amide bonds. The van der Waals surface area contributed by atoms with Crippen molar-refractivity contribution >= 4 is 17.7 Å². The average molecular weight is 303 g/mol. The van der Waals surface area contributed by atoms with Crippen molar-refractivity contribution in [2.75, 3.05) is 12.3 Å². The van der Waals surface area contributed by atoms with Gasteiger partial charge < -0.3 is 5.32 Å². The number of carbonyl (C=O) groups is 1. The minimum absolute atomic E-state index is 0.0260. The van der Waals surface area contributed by atoms with E-state index in [1.54, 1.807) is 23.9 Å². The molecule has 0 aliphatic carbocycles. The van der Waals surface area contributed by atoms with Crippen molar-refractivity contribution in [3.8, 4) is 0 Å². The van der Waals surface area contributed by atoms with E-state index < -0.39 is 0 Å². The minimum Gasteiger partial charge on any atom is -0.355 e. The van der Waals surface area contributed by atoms with E-state index in [0.717, 1.165) is 17.1 Å². The Morgan fingerprint density at radius 3 is 2.43 bits per heavy atom. The molecule has 0 saturated carbocycles. The Morgan fingerprint density at radius 1 is 1.00 bits per heavy atom. The molecule has 4 heteroatoms. The van der Waals surface area contributed by atoms with Gasteiger partial charge >= 0.3 is 0 Å². The van der Waals surface area contributed by atoms with Crippen LogP contribution in [0.15, 0.2) is 54.6 Å². The Kier molecular flexibility index (Phi) is 6.28. The van der Waals surface area contributed by atoms with Gasteiger partial charge in [-0.3, -0.25) is 4.79 Å². The van der Waals surface area contributed by atoms with Crippen LogP contribution in [0.25, 0.3) is 0 Å². The lowest BCUT2D eigenvalue weighted by atomic mass is 10.1. The van der Waals surface area contributed by atoms with E-state index >= 15 is 0 Å². The molecule has 0 unspecified atom stereocenters. The summed E-state index contributed by atoms with van der Waals surface area (Å²) >= 11 is 1.79. The van der Waals surface area contributed by atoms with Crippen LogP contribution in [0.3, 0.4) is 0 Å². The smallest absolute Gasteiger partial charge is 0.224 e. The summed E-state index contributed by atoms with van der Waals surface area (Å²) < 4.78 is 12.7. The zero-order valence-electron chi connectivity index (χ0n) is 11.7. The van der Waals surface area contributed by atoms with E-state index in [4.69, 9.17) is 0 Å². The van der Waals surface area contributed by atoms with Gasteiger partial charge in [0.25, 0.3) is 0 Å². The maximum atomic E-state index is 12.7. The average Bonchev–Trinajstić information content (AvgIpc) is 2.50. The Balaban J connectivity index is 1.60. The number of halogens is 1. The fraction of sp³-hybridized carbons (Fsp3) is 0.235. The number of hydrogen-bond acceptors (Lipinski definition) is 2. The van der Waals surface area contributed by atoms with Gasteiger partial charge in [0.15, 0.2) is 0 Å². The molecule has 0 saturated heterocycles. The lowest BCUT2D eigenvalue weighted by Crippen LogP contribution is -2.27. The van der Waals surface area contributed by atoms with E-state index in [1.807, 2.05) is 18.2 Å². The molecule has 0 heterocycles. The third-order valence-corrected chi connectivity index (χ3v) is 3.99. The van der Waals surface area contributed by atoms with Crippen LogP contribution >= 0.6 is 11.8 Å². The molecule has 110 valence electrons. The van der Waals surface area contributed by atoms with E-state index in [9.17, 15) is 9.18 Å². The van der Waals surface area contributed by atoms with Crippen molar-refractivity contribution in [3.05, 3.63) is 71.5 Å². The van der Waals surface area contributed by atoms with Crippen molar-refractivity contribution in [1.29, 1.82) is 0 Å². The SMILES string of the molecule is O=C(Cc1ccc(F)cc1)NCCSCc1ccccc1. The number of amides is 1. The number of nitrogens with one attached hydrogen (secondary N) is 1. The maximum Gasteiger partial charge on any atom is 0.224 e. The summed E-state index contributed by atoms with van der Waals surface area (Å²) in [6, 6.07) is 16.3. The number of carbonyl (C=O) groups excluding carboxylic acids is 1. The summed E-state index contributed by atoms with van der Waals surface area (Å²) in [6.07, 6.45) is 0.295. The lowest BCUT2D eigenvalue weighted by Gasteiger charge is -2.05. The number of thioether (sulfide) groups is 1. The quantitative estimate of drug-likeness (QED) is 0.794. The number of rotatable bonds is 7. The first-order valence-corrected chi connectivity index (χ1v) is 8.02. The van der Waals surface area contributed by atoms with E-state index in [0.29, 0.717) is 13.0 Å². The third kappa shape index (κ3) is 6.00. The molecule has 2 aromatic rings. The molecule has 21 heavy (non-hydrogen) atoms. The molecular weight excluding hydrogens is 285 g/mol. The van der Waals surface area contributed by atoms with Gasteiger partial charge in [0, 0.05) is 18.1 Å². The van der Waals surface area contributed by atoms with E-state index in [2.05, 4.69) is 17.4 Å². The zero-order valence-corrected chi connectivity index (χ0v) is 12.5. The second-order valence-electron chi connectivity index (χ2n) is 4.69. The minimum atomic E-state index is -0.281. The van der Waals surface area contributed by atoms with Crippen LogP contribution in [0.2, 0.25) is 0 Å². The van der Waals surface area contributed by atoms with Gasteiger partial charge in [0.2, 0.25) is 5.91 Å². The Morgan fingerprint density at radius 2 is 1.71 bits per heavy atom. The molecule has 0 atom stereocenters. The molecular formula is C17H18FNOS. The van der Waals surface area contributed by atoms with E-state index in [-0.39, 0.29) is 11.7 Å². The molecule has 1 N–H and O–H groups in total. The molecule has 0 spiro atoms. The maximum absolute atomic E-state index is 12.7. The lowest BCUT2D eigenvalue weighted by molar-refractivity contribution is -0.120. The summed E-state index contributed by atoms with van der Waals surface area (Å²) in [5, 5.41) is 2.88. The topological polar surface area (TPSA) is 29.1 Å². The van der Waals surface area contributed by atoms with Gasteiger partial charge in [-0.05, 0) is 23.3 Å². The third-order valence-electron chi connectivity index (χ3n) is 2.96. The normalized spacial score (nSPS) is 10.3. The van der Waals surface area contributed by atoms with Crippen molar-refractivity contribution in [3.63, 3.8) is 0 Å². The standard InChI is InChI=1S/C17H18FNOS/c18-16-8-6-14(7-9-16)12-17(20)19-10-11-21-13-15-4-2-1-3-5-15/h1-9H,10-13H2,(H,19,20). The fourth-order valence-corrected chi connectivity index (χ4v) is 2.70. The summed E-state index contributed by atoms with van der Waals surface area (Å²) in [5.41, 5.74) is 2.12. The van der Waals surface area contributed by atoms with Gasteiger partial charge in [-0.1, -0.05) is 42.5 Å². The van der Waals surface area contributed by atoms with Crippen LogP contribution in [0.5, 0.6) is 0 Å². The molecule has 0 radical (unpaired) electrons. The molecule has 0 bridgehead atoms. The highest BCUT2D eigenvalue weighted by atomic mass is 32.2. The Labute approximate surface area is 128 Å². The van der Waals surface area contributed by atoms with Gasteiger partial charge in [-0.25, -0.2) is 4.39 Å². The molecule has 2 nitrogen and oxygen atoms in total. The highest BCUT2D eigenvalue weighted by Crippen LogP contribution is 2.10. The second-order valence-corrected chi connectivity index (χ2v) is 5.80. The first kappa shape index (κ1) is 15.6. The highest BCUT2D eigenvalue weighted by molar-refractivity contribution is 7.98. The first-order chi connectivity index (χ1) is 10.2. The van der Waals surface area contributed by atoms with Crippen LogP contribution in [-0.4, -0.2) is 18.2 Å². The van der Waals surface area contributed by atoms with Crippen LogP contribution in [0, 0.1) is 5.82 Å². The van der Waals surface area contributed by atoms with Gasteiger partial charge in [-0.15, -0.1) is 0 Å². The molecule has 0 aromatic heterocycles. The molecule has 2 aromatic carbocycles.